The van der Waals surface area contributed by atoms with Crippen LogP contribution in [0.15, 0.2) is 49.1 Å². The first kappa shape index (κ1) is 26.9. The number of nitrogens with zero attached hydrogens (tertiary/aromatic N) is 6. The monoisotopic (exact) mass is 594 g/mol. The number of carbonyl (C=O) groups is 1. The Morgan fingerprint density at radius 2 is 1.93 bits per heavy atom. The summed E-state index contributed by atoms with van der Waals surface area (Å²) in [6, 6.07) is 9.73. The predicted octanol–water partition coefficient (Wildman–Crippen LogP) is 4.72. The minimum Gasteiger partial charge on any atom is -0.364 e. The fourth-order valence-corrected chi connectivity index (χ4v) is 7.64. The van der Waals surface area contributed by atoms with Gasteiger partial charge in [-0.05, 0) is 43.1 Å². The summed E-state index contributed by atoms with van der Waals surface area (Å²) >= 11 is 1.09. The summed E-state index contributed by atoms with van der Waals surface area (Å²) in [7, 11) is 0. The number of H-pyrrole nitrogens is 1. The SMILES string of the molecule is NC(=O)c1cc2ccc(CN3CCC4(CCN(c5ncnc6sc(CC(F)(F)F)cc56)C4)C3)cc2n1Cc1cn[nH]c1. The van der Waals surface area contributed by atoms with Crippen molar-refractivity contribution < 1.29 is 18.0 Å². The van der Waals surface area contributed by atoms with Crippen molar-refractivity contribution >= 4 is 44.2 Å². The Kier molecular flexibility index (Phi) is 6.46. The molecular weight excluding hydrogens is 565 g/mol. The molecule has 1 unspecified atom stereocenters. The topological polar surface area (TPSA) is 109 Å². The van der Waals surface area contributed by atoms with Gasteiger partial charge in [0.05, 0.1) is 24.5 Å². The van der Waals surface area contributed by atoms with E-state index in [2.05, 4.69) is 42.1 Å². The van der Waals surface area contributed by atoms with E-state index in [0.29, 0.717) is 22.5 Å². The molecule has 1 aromatic carbocycles. The molecule has 5 aromatic rings. The van der Waals surface area contributed by atoms with Gasteiger partial charge in [0.25, 0.3) is 5.91 Å². The molecule has 1 spiro atoms. The number of hydrogen-bond donors (Lipinski definition) is 2. The number of alkyl halides is 3. The van der Waals surface area contributed by atoms with E-state index in [1.807, 2.05) is 16.7 Å². The summed E-state index contributed by atoms with van der Waals surface area (Å²) in [4.78, 5) is 26.5. The molecule has 3 N–H and O–H groups in total. The normalized spacial score (nSPS) is 19.6. The number of aromatic nitrogens is 5. The summed E-state index contributed by atoms with van der Waals surface area (Å²) in [5, 5.41) is 8.50. The molecule has 6 heterocycles. The fourth-order valence-electron chi connectivity index (χ4n) is 6.62. The Hall–Kier alpha value is -3.97. The number of nitrogens with one attached hydrogen (secondary N) is 1. The highest BCUT2D eigenvalue weighted by Crippen LogP contribution is 2.43. The summed E-state index contributed by atoms with van der Waals surface area (Å²) in [5.74, 6) is 0.262. The molecule has 9 nitrogen and oxygen atoms in total. The number of likely N-dealkylation sites (tertiary alicyclic amines) is 1. The van der Waals surface area contributed by atoms with E-state index in [9.17, 15) is 18.0 Å². The van der Waals surface area contributed by atoms with Gasteiger partial charge < -0.3 is 15.2 Å². The predicted molar refractivity (Wildman–Crippen MR) is 154 cm³/mol. The number of fused-ring (bicyclic) bond motifs is 2. The minimum atomic E-state index is -4.25. The van der Waals surface area contributed by atoms with E-state index in [-0.39, 0.29) is 10.3 Å². The molecule has 2 fully saturated rings. The van der Waals surface area contributed by atoms with Crippen molar-refractivity contribution in [2.45, 2.75) is 38.5 Å². The molecular formula is C29H29F3N8OS. The van der Waals surface area contributed by atoms with Crippen molar-refractivity contribution in [3.05, 3.63) is 70.8 Å². The fraction of sp³-hybridized carbons (Fsp3) is 0.379. The number of rotatable bonds is 7. The van der Waals surface area contributed by atoms with Crippen LogP contribution in [0.5, 0.6) is 0 Å². The molecule has 2 aliphatic rings. The summed E-state index contributed by atoms with van der Waals surface area (Å²) in [5.41, 5.74) is 9.34. The standard InChI is InChI=1S/C29H29F3N8OS/c30-29(31,32)10-21-9-22-26(34-17-35-27(22)42-21)39-6-4-28(16-39)3-5-38(15-28)13-18-1-2-20-8-24(25(33)41)40(23(20)7-18)14-19-11-36-37-12-19/h1-2,7-9,11-12,17H,3-6,10,13-16H2,(H2,33,41)(H,36,37). The number of carbonyl (C=O) groups excluding carboxylic acids is 1. The molecule has 2 aliphatic heterocycles. The van der Waals surface area contributed by atoms with E-state index >= 15 is 0 Å². The zero-order valence-corrected chi connectivity index (χ0v) is 23.5. The highest BCUT2D eigenvalue weighted by atomic mass is 32.1. The van der Waals surface area contributed by atoms with E-state index < -0.39 is 18.5 Å². The van der Waals surface area contributed by atoms with Gasteiger partial charge in [0.2, 0.25) is 0 Å². The van der Waals surface area contributed by atoms with Crippen molar-refractivity contribution in [2.75, 3.05) is 31.1 Å². The van der Waals surface area contributed by atoms with Crippen LogP contribution in [0, 0.1) is 5.41 Å². The van der Waals surface area contributed by atoms with Crippen LogP contribution >= 0.6 is 11.3 Å². The van der Waals surface area contributed by atoms with Crippen LogP contribution in [0.4, 0.5) is 19.0 Å². The highest BCUT2D eigenvalue weighted by molar-refractivity contribution is 7.18. The molecule has 1 amide bonds. The second-order valence-electron chi connectivity index (χ2n) is 11.5. The molecule has 4 aromatic heterocycles. The molecule has 2 saturated heterocycles. The molecule has 0 saturated carbocycles. The van der Waals surface area contributed by atoms with Crippen molar-refractivity contribution in [3.63, 3.8) is 0 Å². The molecule has 218 valence electrons. The van der Waals surface area contributed by atoms with Crippen LogP contribution in [-0.4, -0.2) is 67.9 Å². The van der Waals surface area contributed by atoms with Crippen molar-refractivity contribution in [1.29, 1.82) is 0 Å². The lowest BCUT2D eigenvalue weighted by molar-refractivity contribution is -0.126. The average Bonchev–Trinajstić information content (AvgIpc) is 3.76. The van der Waals surface area contributed by atoms with Gasteiger partial charge in [-0.2, -0.15) is 18.3 Å². The summed E-state index contributed by atoms with van der Waals surface area (Å²) in [6.07, 6.45) is 1.85. The Balaban J connectivity index is 1.07. The van der Waals surface area contributed by atoms with Gasteiger partial charge in [-0.1, -0.05) is 12.1 Å². The molecule has 42 heavy (non-hydrogen) atoms. The second-order valence-corrected chi connectivity index (χ2v) is 12.6. The Morgan fingerprint density at radius 1 is 1.07 bits per heavy atom. The first-order valence-electron chi connectivity index (χ1n) is 13.8. The van der Waals surface area contributed by atoms with Crippen LogP contribution in [0.3, 0.4) is 0 Å². The Labute approximate surface area is 243 Å². The Bertz CT molecular complexity index is 1780. The number of amides is 1. The molecule has 0 aliphatic carbocycles. The number of halogens is 3. The van der Waals surface area contributed by atoms with Crippen molar-refractivity contribution in [2.24, 2.45) is 11.1 Å². The van der Waals surface area contributed by atoms with Crippen molar-refractivity contribution in [3.8, 4) is 0 Å². The number of thiophene rings is 1. The van der Waals surface area contributed by atoms with E-state index in [0.717, 1.165) is 84.7 Å². The van der Waals surface area contributed by atoms with Gasteiger partial charge in [0.15, 0.2) is 0 Å². The van der Waals surface area contributed by atoms with E-state index in [1.54, 1.807) is 18.5 Å². The van der Waals surface area contributed by atoms with Gasteiger partial charge in [0.1, 0.15) is 22.7 Å². The zero-order valence-electron chi connectivity index (χ0n) is 22.7. The molecule has 13 heteroatoms. The molecule has 1 atom stereocenters. The first-order valence-corrected chi connectivity index (χ1v) is 14.6. The largest absolute Gasteiger partial charge is 0.393 e. The number of aromatic amines is 1. The average molecular weight is 595 g/mol. The van der Waals surface area contributed by atoms with Gasteiger partial charge in [-0.15, -0.1) is 11.3 Å². The van der Waals surface area contributed by atoms with Gasteiger partial charge in [-0.3, -0.25) is 14.8 Å². The lowest BCUT2D eigenvalue weighted by Gasteiger charge is -2.25. The van der Waals surface area contributed by atoms with Crippen LogP contribution in [-0.2, 0) is 19.5 Å². The number of anilines is 1. The third kappa shape index (κ3) is 5.11. The second kappa shape index (κ2) is 10.1. The first-order chi connectivity index (χ1) is 20.1. The summed E-state index contributed by atoms with van der Waals surface area (Å²) in [6.45, 7) is 4.79. The van der Waals surface area contributed by atoms with Crippen LogP contribution in [0.2, 0.25) is 0 Å². The van der Waals surface area contributed by atoms with Gasteiger partial charge in [0, 0.05) is 59.1 Å². The molecule has 0 radical (unpaired) electrons. The third-order valence-corrected chi connectivity index (χ3v) is 9.56. The van der Waals surface area contributed by atoms with E-state index in [1.165, 1.54) is 6.33 Å². The highest BCUT2D eigenvalue weighted by Gasteiger charge is 2.44. The maximum absolute atomic E-state index is 13.0. The third-order valence-electron chi connectivity index (χ3n) is 8.51. The van der Waals surface area contributed by atoms with Gasteiger partial charge in [-0.25, -0.2) is 9.97 Å². The number of nitrogens with two attached hydrogens (primary N) is 1. The number of primary amides is 1. The quantitative estimate of drug-likeness (QED) is 0.282. The minimum absolute atomic E-state index is 0.104. The smallest absolute Gasteiger partial charge is 0.364 e. The number of hydrogen-bond acceptors (Lipinski definition) is 7. The lowest BCUT2D eigenvalue weighted by atomic mass is 9.86. The van der Waals surface area contributed by atoms with Gasteiger partial charge >= 0.3 is 6.18 Å². The van der Waals surface area contributed by atoms with Crippen LogP contribution in [0.1, 0.15) is 39.3 Å². The van der Waals surface area contributed by atoms with Crippen LogP contribution < -0.4 is 10.6 Å². The zero-order chi connectivity index (χ0) is 29.1. The van der Waals surface area contributed by atoms with Crippen LogP contribution in [0.25, 0.3) is 21.1 Å². The van der Waals surface area contributed by atoms with Crippen molar-refractivity contribution in [1.82, 2.24) is 29.6 Å². The maximum Gasteiger partial charge on any atom is 0.393 e. The Morgan fingerprint density at radius 3 is 2.71 bits per heavy atom. The molecule has 0 bridgehead atoms. The summed E-state index contributed by atoms with van der Waals surface area (Å²) < 4.78 is 41.0. The lowest BCUT2D eigenvalue weighted by Crippen LogP contribution is -2.31. The number of benzene rings is 1. The molecule has 7 rings (SSSR count). The maximum atomic E-state index is 13.0. The van der Waals surface area contributed by atoms with E-state index in [4.69, 9.17) is 5.73 Å².